The molecule has 8 heteroatoms. The number of hydrogen-bond acceptors (Lipinski definition) is 6. The molecule has 4 nitrogen and oxygen atoms in total. The van der Waals surface area contributed by atoms with E-state index in [2.05, 4.69) is 15.3 Å². The van der Waals surface area contributed by atoms with Crippen molar-refractivity contribution in [3.63, 3.8) is 0 Å². The molecule has 0 atom stereocenters. The van der Waals surface area contributed by atoms with Crippen molar-refractivity contribution in [2.75, 3.05) is 17.6 Å². The van der Waals surface area contributed by atoms with Crippen molar-refractivity contribution < 1.29 is 9.18 Å². The van der Waals surface area contributed by atoms with Crippen LogP contribution in [0.25, 0.3) is 11.3 Å². The Labute approximate surface area is 181 Å². The second-order valence-corrected chi connectivity index (χ2v) is 9.84. The minimum Gasteiger partial charge on any atom is -0.298 e. The van der Waals surface area contributed by atoms with Gasteiger partial charge in [-0.05, 0) is 42.8 Å². The van der Waals surface area contributed by atoms with Crippen molar-refractivity contribution in [2.24, 2.45) is 4.99 Å². The quantitative estimate of drug-likeness (QED) is 0.538. The van der Waals surface area contributed by atoms with Gasteiger partial charge >= 0.3 is 0 Å². The fourth-order valence-electron chi connectivity index (χ4n) is 2.90. The van der Waals surface area contributed by atoms with Crippen LogP contribution in [-0.4, -0.2) is 27.6 Å². The third-order valence-corrected chi connectivity index (χ3v) is 7.49. The Balaban J connectivity index is 1.50. The molecule has 29 heavy (non-hydrogen) atoms. The lowest BCUT2D eigenvalue weighted by atomic mass is 10.1. The Morgan fingerprint density at radius 2 is 2.00 bits per heavy atom. The fraction of sp³-hybridized carbons (Fsp3) is 0.190. The average Bonchev–Trinajstić information content (AvgIpc) is 3.37. The molecule has 1 aliphatic heterocycles. The van der Waals surface area contributed by atoms with E-state index in [4.69, 9.17) is 0 Å². The van der Waals surface area contributed by atoms with E-state index in [1.165, 1.54) is 23.5 Å². The zero-order valence-corrected chi connectivity index (χ0v) is 18.1. The van der Waals surface area contributed by atoms with Crippen LogP contribution < -0.4 is 5.32 Å². The molecule has 1 amide bonds. The van der Waals surface area contributed by atoms with E-state index in [1.54, 1.807) is 35.7 Å². The second-order valence-electron chi connectivity index (χ2n) is 6.33. The molecule has 0 bridgehead atoms. The van der Waals surface area contributed by atoms with Crippen LogP contribution in [0.3, 0.4) is 0 Å². The number of anilines is 1. The maximum absolute atomic E-state index is 13.2. The lowest BCUT2D eigenvalue weighted by Gasteiger charge is -2.08. The zero-order chi connectivity index (χ0) is 20.2. The van der Waals surface area contributed by atoms with E-state index in [9.17, 15) is 9.18 Å². The van der Waals surface area contributed by atoms with Crippen molar-refractivity contribution in [3.8, 4) is 11.3 Å². The van der Waals surface area contributed by atoms with Gasteiger partial charge in [0, 0.05) is 27.5 Å². The number of hydrogen-bond donors (Lipinski definition) is 1. The van der Waals surface area contributed by atoms with Gasteiger partial charge < -0.3 is 0 Å². The largest absolute Gasteiger partial charge is 0.298 e. The molecule has 1 aliphatic rings. The lowest BCUT2D eigenvalue weighted by Crippen LogP contribution is -2.14. The molecule has 2 heterocycles. The zero-order valence-electron chi connectivity index (χ0n) is 15.6. The number of amides is 1. The van der Waals surface area contributed by atoms with Gasteiger partial charge in [-0.1, -0.05) is 41.7 Å². The van der Waals surface area contributed by atoms with Crippen molar-refractivity contribution in [2.45, 2.75) is 12.7 Å². The number of halogens is 1. The van der Waals surface area contributed by atoms with Gasteiger partial charge in [-0.15, -0.1) is 11.3 Å². The number of thiazole rings is 1. The van der Waals surface area contributed by atoms with Crippen LogP contribution in [0.4, 0.5) is 9.52 Å². The molecule has 2 aromatic carbocycles. The first kappa shape index (κ1) is 20.1. The molecule has 0 radical (unpaired) electrons. The van der Waals surface area contributed by atoms with Gasteiger partial charge in [-0.3, -0.25) is 15.1 Å². The number of benzene rings is 2. The summed E-state index contributed by atoms with van der Waals surface area (Å²) in [4.78, 5) is 22.9. The molecule has 148 valence electrons. The lowest BCUT2D eigenvalue weighted by molar-refractivity contribution is 0.102. The van der Waals surface area contributed by atoms with Gasteiger partial charge in [0.15, 0.2) is 5.13 Å². The standard InChI is InChI=1S/C21H18FN3OS3/c1-13-18(14-6-8-16(22)9-7-14)24-20(29-13)25-19(26)17-5-3-2-4-15(17)12-28-21-23-10-11-27-21/h2-9H,10-12H2,1H3,(H,24,25,26). The van der Waals surface area contributed by atoms with E-state index in [0.717, 1.165) is 38.4 Å². The second kappa shape index (κ2) is 9.11. The summed E-state index contributed by atoms with van der Waals surface area (Å²) in [6.45, 7) is 2.81. The van der Waals surface area contributed by atoms with E-state index < -0.39 is 0 Å². The SMILES string of the molecule is Cc1sc(NC(=O)c2ccccc2CSC2=NCCS2)nc1-c1ccc(F)cc1. The Bertz CT molecular complexity index is 1060. The smallest absolute Gasteiger partial charge is 0.257 e. The highest BCUT2D eigenvalue weighted by Gasteiger charge is 2.16. The first-order chi connectivity index (χ1) is 14.1. The highest BCUT2D eigenvalue weighted by molar-refractivity contribution is 8.38. The van der Waals surface area contributed by atoms with Gasteiger partial charge in [0.2, 0.25) is 0 Å². The molecule has 0 saturated heterocycles. The molecular formula is C21H18FN3OS3. The van der Waals surface area contributed by atoms with Crippen molar-refractivity contribution >= 4 is 50.3 Å². The summed E-state index contributed by atoms with van der Waals surface area (Å²) < 4.78 is 14.3. The van der Waals surface area contributed by atoms with Crippen LogP contribution in [0.15, 0.2) is 53.5 Å². The van der Waals surface area contributed by atoms with Gasteiger partial charge in [0.1, 0.15) is 10.2 Å². The molecular weight excluding hydrogens is 425 g/mol. The number of rotatable bonds is 5. The maximum atomic E-state index is 13.2. The summed E-state index contributed by atoms with van der Waals surface area (Å²) in [6, 6.07) is 13.8. The number of aromatic nitrogens is 1. The molecule has 0 unspecified atom stereocenters. The molecule has 0 saturated carbocycles. The van der Waals surface area contributed by atoms with E-state index in [1.807, 2.05) is 31.2 Å². The molecule has 3 aromatic rings. The number of thioether (sulfide) groups is 2. The van der Waals surface area contributed by atoms with Crippen LogP contribution >= 0.6 is 34.9 Å². The minimum atomic E-state index is -0.286. The Hall–Kier alpha value is -2.16. The normalized spacial score (nSPS) is 13.4. The van der Waals surface area contributed by atoms with Gasteiger partial charge in [-0.25, -0.2) is 9.37 Å². The summed E-state index contributed by atoms with van der Waals surface area (Å²) in [5.41, 5.74) is 3.19. The highest BCUT2D eigenvalue weighted by atomic mass is 32.2. The van der Waals surface area contributed by atoms with Crippen LogP contribution in [0, 0.1) is 12.7 Å². The molecule has 1 N–H and O–H groups in total. The number of carbonyl (C=O) groups is 1. The number of nitrogens with zero attached hydrogens (tertiary/aromatic N) is 2. The van der Waals surface area contributed by atoms with Gasteiger partial charge in [-0.2, -0.15) is 0 Å². The predicted molar refractivity (Wildman–Crippen MR) is 123 cm³/mol. The fourth-order valence-corrected chi connectivity index (χ4v) is 5.74. The van der Waals surface area contributed by atoms with Crippen LogP contribution in [0.1, 0.15) is 20.8 Å². The molecule has 0 aliphatic carbocycles. The first-order valence-corrected chi connectivity index (χ1v) is 11.8. The van der Waals surface area contributed by atoms with Gasteiger partial charge in [0.05, 0.1) is 12.2 Å². The van der Waals surface area contributed by atoms with Crippen LogP contribution in [-0.2, 0) is 5.75 Å². The van der Waals surface area contributed by atoms with Crippen molar-refractivity contribution in [3.05, 3.63) is 70.4 Å². The Kier molecular flexibility index (Phi) is 6.32. The maximum Gasteiger partial charge on any atom is 0.257 e. The average molecular weight is 444 g/mol. The molecule has 0 fully saturated rings. The van der Waals surface area contributed by atoms with Gasteiger partial charge in [0.25, 0.3) is 5.91 Å². The predicted octanol–water partition coefficient (Wildman–Crippen LogP) is 5.85. The third-order valence-electron chi connectivity index (χ3n) is 4.31. The summed E-state index contributed by atoms with van der Waals surface area (Å²) >= 11 is 4.84. The van der Waals surface area contributed by atoms with Crippen molar-refractivity contribution in [1.82, 2.24) is 4.98 Å². The number of carbonyl (C=O) groups excluding carboxylic acids is 1. The Morgan fingerprint density at radius 3 is 2.76 bits per heavy atom. The highest BCUT2D eigenvalue weighted by Crippen LogP contribution is 2.31. The van der Waals surface area contributed by atoms with E-state index in [-0.39, 0.29) is 11.7 Å². The number of nitrogens with one attached hydrogen (secondary N) is 1. The number of aryl methyl sites for hydroxylation is 1. The van der Waals surface area contributed by atoms with Crippen molar-refractivity contribution in [1.29, 1.82) is 0 Å². The molecule has 4 rings (SSSR count). The summed E-state index contributed by atoms with van der Waals surface area (Å²) in [6.07, 6.45) is 0. The topological polar surface area (TPSA) is 54.4 Å². The monoisotopic (exact) mass is 443 g/mol. The minimum absolute atomic E-state index is 0.179. The summed E-state index contributed by atoms with van der Waals surface area (Å²) in [5, 5.41) is 3.45. The van der Waals surface area contributed by atoms with Crippen LogP contribution in [0.5, 0.6) is 0 Å². The first-order valence-electron chi connectivity index (χ1n) is 9.03. The van der Waals surface area contributed by atoms with E-state index >= 15 is 0 Å². The van der Waals surface area contributed by atoms with E-state index in [0.29, 0.717) is 16.4 Å². The number of aliphatic imine (C=N–C) groups is 1. The molecule has 0 spiro atoms. The summed E-state index contributed by atoms with van der Waals surface area (Å²) in [7, 11) is 0. The molecule has 1 aromatic heterocycles. The Morgan fingerprint density at radius 1 is 1.21 bits per heavy atom. The van der Waals surface area contributed by atoms with Crippen LogP contribution in [0.2, 0.25) is 0 Å². The third kappa shape index (κ3) is 4.88. The summed E-state index contributed by atoms with van der Waals surface area (Å²) in [5.74, 6) is 1.27.